The predicted molar refractivity (Wildman–Crippen MR) is 84.7 cm³/mol. The highest BCUT2D eigenvalue weighted by atomic mass is 35.5. The van der Waals surface area contributed by atoms with Gasteiger partial charge in [-0.05, 0) is 55.8 Å². The second kappa shape index (κ2) is 6.78. The first-order chi connectivity index (χ1) is 9.65. The fraction of sp³-hybridized carbons (Fsp3) is 0.294. The molecule has 0 fully saturated rings. The van der Waals surface area contributed by atoms with Crippen molar-refractivity contribution in [1.82, 2.24) is 5.32 Å². The van der Waals surface area contributed by atoms with E-state index in [0.717, 1.165) is 16.3 Å². The van der Waals surface area contributed by atoms with E-state index in [9.17, 15) is 0 Å². The molecule has 2 nitrogen and oxygen atoms in total. The van der Waals surface area contributed by atoms with Gasteiger partial charge in [0.05, 0.1) is 12.6 Å². The van der Waals surface area contributed by atoms with E-state index in [1.807, 2.05) is 39.1 Å². The summed E-state index contributed by atoms with van der Waals surface area (Å²) in [6.07, 6.45) is 0. The Bertz CT molecular complexity index is 566. The Morgan fingerprint density at radius 2 is 1.75 bits per heavy atom. The van der Waals surface area contributed by atoms with Crippen LogP contribution in [0.4, 0.5) is 0 Å². The van der Waals surface area contributed by atoms with Crippen molar-refractivity contribution in [3.05, 3.63) is 64.2 Å². The van der Waals surface area contributed by atoms with Crippen molar-refractivity contribution < 1.29 is 4.74 Å². The first kappa shape index (κ1) is 14.9. The summed E-state index contributed by atoms with van der Waals surface area (Å²) in [5.41, 5.74) is 3.51. The Labute approximate surface area is 125 Å². The Morgan fingerprint density at radius 1 is 1.10 bits per heavy atom. The third-order valence-corrected chi connectivity index (χ3v) is 3.75. The maximum absolute atomic E-state index is 6.09. The average Bonchev–Trinajstić information content (AvgIpc) is 2.46. The van der Waals surface area contributed by atoms with Crippen LogP contribution >= 0.6 is 11.6 Å². The molecule has 3 heteroatoms. The zero-order chi connectivity index (χ0) is 14.5. The highest BCUT2D eigenvalue weighted by Gasteiger charge is 2.12. The van der Waals surface area contributed by atoms with Crippen LogP contribution in [0.15, 0.2) is 42.5 Å². The van der Waals surface area contributed by atoms with Gasteiger partial charge in [-0.2, -0.15) is 0 Å². The van der Waals surface area contributed by atoms with Crippen molar-refractivity contribution in [2.75, 3.05) is 13.7 Å². The molecule has 0 saturated heterocycles. The summed E-state index contributed by atoms with van der Waals surface area (Å²) in [6.45, 7) is 4.70. The number of hydrogen-bond acceptors (Lipinski definition) is 2. The van der Waals surface area contributed by atoms with Crippen LogP contribution in [-0.4, -0.2) is 13.7 Å². The Hall–Kier alpha value is -1.51. The third kappa shape index (κ3) is 3.33. The number of hydrogen-bond donors (Lipinski definition) is 1. The number of rotatable bonds is 5. The lowest BCUT2D eigenvalue weighted by atomic mass is 9.97. The van der Waals surface area contributed by atoms with Gasteiger partial charge in [-0.25, -0.2) is 0 Å². The molecule has 1 unspecified atom stereocenters. The van der Waals surface area contributed by atoms with Gasteiger partial charge in [-0.15, -0.1) is 0 Å². The molecule has 1 N–H and O–H groups in total. The maximum Gasteiger partial charge on any atom is 0.119 e. The van der Waals surface area contributed by atoms with Crippen molar-refractivity contribution >= 4 is 11.6 Å². The molecule has 0 aliphatic carbocycles. The summed E-state index contributed by atoms with van der Waals surface area (Å²) in [4.78, 5) is 0. The molecule has 0 radical (unpaired) electrons. The summed E-state index contributed by atoms with van der Waals surface area (Å²) < 4.78 is 5.48. The predicted octanol–water partition coefficient (Wildman–Crippen LogP) is 4.36. The minimum atomic E-state index is 0.154. The van der Waals surface area contributed by atoms with E-state index < -0.39 is 0 Å². The van der Waals surface area contributed by atoms with Crippen LogP contribution in [0.5, 0.6) is 5.75 Å². The van der Waals surface area contributed by atoms with Gasteiger partial charge in [0.25, 0.3) is 0 Å². The maximum atomic E-state index is 6.09. The normalized spacial score (nSPS) is 12.2. The molecule has 20 heavy (non-hydrogen) atoms. The van der Waals surface area contributed by atoms with Gasteiger partial charge in [0, 0.05) is 5.02 Å². The molecule has 0 bridgehead atoms. The van der Waals surface area contributed by atoms with Gasteiger partial charge < -0.3 is 10.1 Å². The first-order valence-corrected chi connectivity index (χ1v) is 7.19. The van der Waals surface area contributed by atoms with Crippen molar-refractivity contribution in [2.24, 2.45) is 0 Å². The van der Waals surface area contributed by atoms with E-state index in [1.54, 1.807) is 0 Å². The standard InChI is InChI=1S/C17H20ClNO/c1-4-20-15-8-5-13(6-9-15)17(19-3)14-7-10-16(18)12(2)11-14/h5-11,17,19H,4H2,1-3H3. The molecular weight excluding hydrogens is 270 g/mol. The van der Waals surface area contributed by atoms with Crippen LogP contribution in [0.1, 0.15) is 29.7 Å². The lowest BCUT2D eigenvalue weighted by Gasteiger charge is -2.18. The first-order valence-electron chi connectivity index (χ1n) is 6.81. The molecule has 0 aromatic heterocycles. The van der Waals surface area contributed by atoms with Crippen LogP contribution in [0, 0.1) is 6.92 Å². The van der Waals surface area contributed by atoms with Gasteiger partial charge >= 0.3 is 0 Å². The van der Waals surface area contributed by atoms with E-state index in [0.29, 0.717) is 6.61 Å². The fourth-order valence-electron chi connectivity index (χ4n) is 2.30. The number of nitrogens with one attached hydrogen (secondary N) is 1. The zero-order valence-electron chi connectivity index (χ0n) is 12.1. The number of ether oxygens (including phenoxy) is 1. The Balaban J connectivity index is 2.29. The average molecular weight is 290 g/mol. The van der Waals surface area contributed by atoms with Gasteiger partial charge in [0.2, 0.25) is 0 Å². The van der Waals surface area contributed by atoms with Crippen LogP contribution in [0.3, 0.4) is 0 Å². The Morgan fingerprint density at radius 3 is 2.30 bits per heavy atom. The minimum absolute atomic E-state index is 0.154. The molecule has 0 heterocycles. The molecule has 0 saturated carbocycles. The van der Waals surface area contributed by atoms with Crippen molar-refractivity contribution in [3.8, 4) is 5.75 Å². The second-order valence-corrected chi connectivity index (χ2v) is 5.14. The Kier molecular flexibility index (Phi) is 5.05. The molecule has 0 amide bonds. The number of aryl methyl sites for hydroxylation is 1. The van der Waals surface area contributed by atoms with Crippen molar-refractivity contribution in [2.45, 2.75) is 19.9 Å². The lowest BCUT2D eigenvalue weighted by Crippen LogP contribution is -2.17. The third-order valence-electron chi connectivity index (χ3n) is 3.33. The van der Waals surface area contributed by atoms with Crippen LogP contribution in [0.2, 0.25) is 5.02 Å². The van der Waals surface area contributed by atoms with Crippen molar-refractivity contribution in [1.29, 1.82) is 0 Å². The highest BCUT2D eigenvalue weighted by Crippen LogP contribution is 2.26. The number of benzene rings is 2. The highest BCUT2D eigenvalue weighted by molar-refractivity contribution is 6.31. The summed E-state index contributed by atoms with van der Waals surface area (Å²) in [5, 5.41) is 4.15. The van der Waals surface area contributed by atoms with Crippen LogP contribution in [-0.2, 0) is 0 Å². The molecule has 0 aliphatic heterocycles. The zero-order valence-corrected chi connectivity index (χ0v) is 12.9. The topological polar surface area (TPSA) is 21.3 Å². The van der Waals surface area contributed by atoms with E-state index in [4.69, 9.17) is 16.3 Å². The molecule has 2 aromatic rings. The summed E-state index contributed by atoms with van der Waals surface area (Å²) in [5.74, 6) is 0.901. The molecule has 2 rings (SSSR count). The van der Waals surface area contributed by atoms with Crippen LogP contribution < -0.4 is 10.1 Å². The minimum Gasteiger partial charge on any atom is -0.494 e. The summed E-state index contributed by atoms with van der Waals surface area (Å²) >= 11 is 6.09. The largest absolute Gasteiger partial charge is 0.494 e. The second-order valence-electron chi connectivity index (χ2n) is 4.73. The molecule has 0 aliphatic rings. The summed E-state index contributed by atoms with van der Waals surface area (Å²) in [6, 6.07) is 14.5. The quantitative estimate of drug-likeness (QED) is 0.883. The van der Waals surface area contributed by atoms with Gasteiger partial charge in [-0.1, -0.05) is 35.9 Å². The van der Waals surface area contributed by atoms with E-state index in [-0.39, 0.29) is 6.04 Å². The van der Waals surface area contributed by atoms with Gasteiger partial charge in [0.15, 0.2) is 0 Å². The van der Waals surface area contributed by atoms with E-state index in [2.05, 4.69) is 29.6 Å². The van der Waals surface area contributed by atoms with Crippen LogP contribution in [0.25, 0.3) is 0 Å². The summed E-state index contributed by atoms with van der Waals surface area (Å²) in [7, 11) is 1.96. The number of halogens is 1. The van der Waals surface area contributed by atoms with Crippen molar-refractivity contribution in [3.63, 3.8) is 0 Å². The van der Waals surface area contributed by atoms with E-state index >= 15 is 0 Å². The molecule has 0 spiro atoms. The molecular formula is C17H20ClNO. The van der Waals surface area contributed by atoms with E-state index in [1.165, 1.54) is 11.1 Å². The SMILES string of the molecule is CCOc1ccc(C(NC)c2ccc(Cl)c(C)c2)cc1. The van der Waals surface area contributed by atoms with Gasteiger partial charge in [-0.3, -0.25) is 0 Å². The monoisotopic (exact) mass is 289 g/mol. The molecule has 106 valence electrons. The molecule has 2 aromatic carbocycles. The lowest BCUT2D eigenvalue weighted by molar-refractivity contribution is 0.340. The van der Waals surface area contributed by atoms with Gasteiger partial charge in [0.1, 0.15) is 5.75 Å². The fourth-order valence-corrected chi connectivity index (χ4v) is 2.41. The molecule has 1 atom stereocenters. The smallest absolute Gasteiger partial charge is 0.119 e.